The molecule has 2 aromatic heterocycles. The van der Waals surface area contributed by atoms with E-state index >= 15 is 4.39 Å². The molecule has 8 nitrogen and oxygen atoms in total. The van der Waals surface area contributed by atoms with Gasteiger partial charge in [0, 0.05) is 41.7 Å². The first kappa shape index (κ1) is 23.8. The van der Waals surface area contributed by atoms with Crippen molar-refractivity contribution in [2.24, 2.45) is 0 Å². The molecule has 2 saturated carbocycles. The summed E-state index contributed by atoms with van der Waals surface area (Å²) in [7, 11) is 0. The van der Waals surface area contributed by atoms with Crippen molar-refractivity contribution in [3.63, 3.8) is 0 Å². The number of carbonyl (C=O) groups is 2. The number of fused-ring (bicyclic) bond motifs is 2. The maximum Gasteiger partial charge on any atom is 0.404 e. The molecule has 9 heteroatoms. The van der Waals surface area contributed by atoms with Gasteiger partial charge in [-0.25, -0.2) is 18.7 Å². The highest BCUT2D eigenvalue weighted by Crippen LogP contribution is 2.43. The van der Waals surface area contributed by atoms with E-state index in [1.165, 1.54) is 17.2 Å². The van der Waals surface area contributed by atoms with Crippen LogP contribution in [-0.2, 0) is 6.42 Å². The Bertz CT molecular complexity index is 1650. The predicted octanol–water partition coefficient (Wildman–Crippen LogP) is 5.30. The van der Waals surface area contributed by atoms with Crippen molar-refractivity contribution in [2.45, 2.75) is 56.5 Å². The first-order chi connectivity index (χ1) is 18.9. The van der Waals surface area contributed by atoms with Crippen LogP contribution in [0, 0.1) is 5.82 Å². The smallest absolute Gasteiger partial charge is 0.404 e. The third kappa shape index (κ3) is 4.22. The maximum absolute atomic E-state index is 15.3. The van der Waals surface area contributed by atoms with Gasteiger partial charge in [0.2, 0.25) is 0 Å². The Labute approximate surface area is 224 Å². The first-order valence-electron chi connectivity index (χ1n) is 13.5. The fraction of sp³-hybridized carbons (Fsp3) is 0.333. The Kier molecular flexibility index (Phi) is 5.43. The molecule has 3 aliphatic rings. The Morgan fingerprint density at radius 2 is 1.92 bits per heavy atom. The highest BCUT2D eigenvalue weighted by Gasteiger charge is 2.40. The number of carboxylic acid groups (broad SMARTS) is 1. The normalized spacial score (nSPS) is 22.0. The van der Waals surface area contributed by atoms with E-state index in [1.54, 1.807) is 16.6 Å². The Morgan fingerprint density at radius 3 is 2.69 bits per heavy atom. The standard InChI is InChI=1S/C30H28FN5O3/c1-16-20-5-3-2-4-17(20)10-11-35(16)29(37)26-14-27(18-6-7-18)36-28(32-26)15-25(34-36)21-9-8-19(12-23(21)31)22-13-24(22)33-30(38)39/h2-5,8-9,12,14-16,18,22,24,33H,6-7,10-11,13H2,1H3,(H,38,39)/t16-,22-,24+/m1/s1. The van der Waals surface area contributed by atoms with Crippen LogP contribution in [0.3, 0.4) is 0 Å². The zero-order valence-electron chi connectivity index (χ0n) is 21.5. The molecule has 0 saturated heterocycles. The number of nitrogens with one attached hydrogen (secondary N) is 1. The summed E-state index contributed by atoms with van der Waals surface area (Å²) in [4.78, 5) is 31.2. The quantitative estimate of drug-likeness (QED) is 0.369. The second-order valence-corrected chi connectivity index (χ2v) is 10.9. The largest absolute Gasteiger partial charge is 0.465 e. The second-order valence-electron chi connectivity index (χ2n) is 10.9. The second kappa shape index (κ2) is 8.90. The summed E-state index contributed by atoms with van der Waals surface area (Å²) in [6.45, 7) is 2.69. The minimum Gasteiger partial charge on any atom is -0.465 e. The van der Waals surface area contributed by atoms with Crippen LogP contribution in [0.1, 0.15) is 76.9 Å². The fourth-order valence-electron chi connectivity index (χ4n) is 5.96. The van der Waals surface area contributed by atoms with Gasteiger partial charge in [0.15, 0.2) is 5.65 Å². The summed E-state index contributed by atoms with van der Waals surface area (Å²) < 4.78 is 17.0. The van der Waals surface area contributed by atoms with E-state index in [1.807, 2.05) is 29.2 Å². The van der Waals surface area contributed by atoms with Crippen molar-refractivity contribution in [3.05, 3.63) is 88.5 Å². The summed E-state index contributed by atoms with van der Waals surface area (Å²) >= 11 is 0. The molecule has 0 spiro atoms. The van der Waals surface area contributed by atoms with Gasteiger partial charge in [-0.2, -0.15) is 5.10 Å². The van der Waals surface area contributed by atoms with E-state index in [-0.39, 0.29) is 23.9 Å². The van der Waals surface area contributed by atoms with Crippen LogP contribution in [0.5, 0.6) is 0 Å². The lowest BCUT2D eigenvalue weighted by Gasteiger charge is -2.35. The molecular weight excluding hydrogens is 497 g/mol. The van der Waals surface area contributed by atoms with E-state index < -0.39 is 11.9 Å². The van der Waals surface area contributed by atoms with Crippen LogP contribution >= 0.6 is 0 Å². The number of aromatic nitrogens is 3. The Balaban J connectivity index is 1.21. The molecule has 2 fully saturated rings. The van der Waals surface area contributed by atoms with E-state index in [4.69, 9.17) is 15.2 Å². The van der Waals surface area contributed by atoms with Crippen LogP contribution < -0.4 is 5.32 Å². The van der Waals surface area contributed by atoms with Gasteiger partial charge in [0.1, 0.15) is 11.5 Å². The van der Waals surface area contributed by atoms with Crippen molar-refractivity contribution >= 4 is 17.6 Å². The van der Waals surface area contributed by atoms with Crippen LogP contribution in [-0.4, -0.2) is 49.2 Å². The van der Waals surface area contributed by atoms with Crippen molar-refractivity contribution in [3.8, 4) is 11.3 Å². The lowest BCUT2D eigenvalue weighted by atomic mass is 9.93. The highest BCUT2D eigenvalue weighted by molar-refractivity contribution is 5.93. The van der Waals surface area contributed by atoms with E-state index in [2.05, 4.69) is 24.4 Å². The van der Waals surface area contributed by atoms with Gasteiger partial charge in [-0.1, -0.05) is 30.3 Å². The van der Waals surface area contributed by atoms with E-state index in [9.17, 15) is 9.59 Å². The molecule has 1 aliphatic heterocycles. The van der Waals surface area contributed by atoms with Crippen LogP contribution in [0.25, 0.3) is 16.9 Å². The molecule has 7 rings (SSSR count). The third-order valence-corrected chi connectivity index (χ3v) is 8.32. The number of rotatable bonds is 5. The molecule has 3 atom stereocenters. The average molecular weight is 526 g/mol. The van der Waals surface area contributed by atoms with Crippen molar-refractivity contribution < 1.29 is 19.1 Å². The molecule has 39 heavy (non-hydrogen) atoms. The number of carbonyl (C=O) groups excluding carboxylic acids is 1. The molecule has 2 aliphatic carbocycles. The highest BCUT2D eigenvalue weighted by atomic mass is 19.1. The van der Waals surface area contributed by atoms with Crippen LogP contribution in [0.2, 0.25) is 0 Å². The summed E-state index contributed by atoms with van der Waals surface area (Å²) in [5.41, 5.74) is 5.86. The van der Waals surface area contributed by atoms with Gasteiger partial charge in [-0.05, 0) is 67.5 Å². The number of nitrogens with zero attached hydrogens (tertiary/aromatic N) is 4. The monoisotopic (exact) mass is 525 g/mol. The molecule has 0 radical (unpaired) electrons. The number of benzene rings is 2. The number of hydrogen-bond donors (Lipinski definition) is 2. The third-order valence-electron chi connectivity index (χ3n) is 8.32. The van der Waals surface area contributed by atoms with E-state index in [0.29, 0.717) is 41.5 Å². The molecule has 2 aromatic carbocycles. The predicted molar refractivity (Wildman–Crippen MR) is 142 cm³/mol. The van der Waals surface area contributed by atoms with E-state index in [0.717, 1.165) is 30.5 Å². The summed E-state index contributed by atoms with van der Waals surface area (Å²) in [5.74, 6) is -0.239. The lowest BCUT2D eigenvalue weighted by Crippen LogP contribution is -2.39. The molecule has 2 N–H and O–H groups in total. The first-order valence-corrected chi connectivity index (χ1v) is 13.5. The van der Waals surface area contributed by atoms with Gasteiger partial charge in [0.25, 0.3) is 5.91 Å². The van der Waals surface area contributed by atoms with Gasteiger partial charge < -0.3 is 15.3 Å². The van der Waals surface area contributed by atoms with Crippen LogP contribution in [0.4, 0.5) is 9.18 Å². The van der Waals surface area contributed by atoms with Crippen molar-refractivity contribution in [2.75, 3.05) is 6.54 Å². The lowest BCUT2D eigenvalue weighted by molar-refractivity contribution is 0.0671. The number of hydrogen-bond acceptors (Lipinski definition) is 4. The minimum atomic E-state index is -1.07. The SMILES string of the molecule is C[C@@H]1c2ccccc2CCN1C(=O)c1cc(C2CC2)n2nc(-c3ccc([C@H]4C[C@@H]4NC(=O)O)cc3F)cc2n1. The number of amides is 2. The molecule has 3 heterocycles. The average Bonchev–Trinajstić information content (AvgIpc) is 3.85. The summed E-state index contributed by atoms with van der Waals surface area (Å²) in [6.07, 6.45) is 2.44. The summed E-state index contributed by atoms with van der Waals surface area (Å²) in [6, 6.07) is 16.6. The van der Waals surface area contributed by atoms with Crippen molar-refractivity contribution in [1.29, 1.82) is 0 Å². The maximum atomic E-state index is 15.3. The Morgan fingerprint density at radius 1 is 1.10 bits per heavy atom. The molecule has 2 amide bonds. The van der Waals surface area contributed by atoms with Gasteiger partial charge in [-0.3, -0.25) is 4.79 Å². The minimum absolute atomic E-state index is 0.0217. The molecule has 198 valence electrons. The zero-order chi connectivity index (χ0) is 26.8. The van der Waals surface area contributed by atoms with Gasteiger partial charge >= 0.3 is 6.09 Å². The molecule has 0 unspecified atom stereocenters. The van der Waals surface area contributed by atoms with Gasteiger partial charge in [-0.15, -0.1) is 0 Å². The fourth-order valence-corrected chi connectivity index (χ4v) is 5.96. The number of halogens is 1. The van der Waals surface area contributed by atoms with Crippen molar-refractivity contribution in [1.82, 2.24) is 24.8 Å². The molecular formula is C30H28FN5O3. The molecule has 4 aromatic rings. The zero-order valence-corrected chi connectivity index (χ0v) is 21.5. The van der Waals surface area contributed by atoms with Crippen LogP contribution in [0.15, 0.2) is 54.6 Å². The Hall–Kier alpha value is -4.27. The topological polar surface area (TPSA) is 99.8 Å². The molecule has 0 bridgehead atoms. The summed E-state index contributed by atoms with van der Waals surface area (Å²) in [5, 5.41) is 16.1. The van der Waals surface area contributed by atoms with Gasteiger partial charge in [0.05, 0.1) is 11.7 Å².